The third-order valence-corrected chi connectivity index (χ3v) is 3.81. The van der Waals surface area contributed by atoms with Gasteiger partial charge in [0.1, 0.15) is 5.76 Å². The van der Waals surface area contributed by atoms with Crippen LogP contribution >= 0.6 is 12.2 Å². The summed E-state index contributed by atoms with van der Waals surface area (Å²) in [5.74, 6) is 0.399. The molecule has 1 fully saturated rings. The maximum atomic E-state index is 12.4. The molecule has 2 aromatic rings. The molecule has 6 nitrogen and oxygen atoms in total. The van der Waals surface area contributed by atoms with Crippen molar-refractivity contribution in [1.29, 1.82) is 0 Å². The Balaban J connectivity index is 1.62. The van der Waals surface area contributed by atoms with Crippen LogP contribution in [0.25, 0.3) is 0 Å². The number of anilines is 1. The first-order valence-corrected chi connectivity index (χ1v) is 8.06. The van der Waals surface area contributed by atoms with Gasteiger partial charge in [0.2, 0.25) is 5.91 Å². The summed E-state index contributed by atoms with van der Waals surface area (Å²) in [6, 6.07) is 10.5. The number of rotatable bonds is 5. The summed E-state index contributed by atoms with van der Waals surface area (Å²) in [5.41, 5.74) is 0.975. The highest BCUT2D eigenvalue weighted by Gasteiger charge is 2.30. The SMILES string of the molecule is O=C(NCc1ccco1)c1ccccc1NC(=S)NC(=O)C1CC1. The second-order valence-corrected chi connectivity index (χ2v) is 5.93. The second-order valence-electron chi connectivity index (χ2n) is 5.53. The molecule has 0 bridgehead atoms. The molecule has 124 valence electrons. The van der Waals surface area contributed by atoms with Gasteiger partial charge >= 0.3 is 0 Å². The minimum atomic E-state index is -0.259. The van der Waals surface area contributed by atoms with Gasteiger partial charge in [0, 0.05) is 5.92 Å². The number of furan rings is 1. The first-order valence-electron chi connectivity index (χ1n) is 7.65. The van der Waals surface area contributed by atoms with Gasteiger partial charge in [-0.15, -0.1) is 0 Å². The van der Waals surface area contributed by atoms with Crippen molar-refractivity contribution in [3.8, 4) is 0 Å². The largest absolute Gasteiger partial charge is 0.467 e. The minimum absolute atomic E-state index is 0.0663. The van der Waals surface area contributed by atoms with E-state index in [4.69, 9.17) is 16.6 Å². The number of benzene rings is 1. The van der Waals surface area contributed by atoms with Gasteiger partial charge in [-0.3, -0.25) is 9.59 Å². The lowest BCUT2D eigenvalue weighted by Gasteiger charge is -2.13. The van der Waals surface area contributed by atoms with Crippen molar-refractivity contribution < 1.29 is 14.0 Å². The molecule has 1 aromatic heterocycles. The molecule has 2 amide bonds. The van der Waals surface area contributed by atoms with Crippen molar-refractivity contribution in [1.82, 2.24) is 10.6 Å². The predicted octanol–water partition coefficient (Wildman–Crippen LogP) is 2.43. The number of nitrogens with one attached hydrogen (secondary N) is 3. The van der Waals surface area contributed by atoms with Crippen LogP contribution in [0.15, 0.2) is 47.1 Å². The first-order chi connectivity index (χ1) is 11.6. The van der Waals surface area contributed by atoms with E-state index in [9.17, 15) is 9.59 Å². The van der Waals surface area contributed by atoms with Crippen molar-refractivity contribution in [2.24, 2.45) is 5.92 Å². The molecule has 3 N–H and O–H groups in total. The lowest BCUT2D eigenvalue weighted by atomic mass is 10.1. The molecule has 0 radical (unpaired) electrons. The molecule has 0 saturated heterocycles. The lowest BCUT2D eigenvalue weighted by Crippen LogP contribution is -2.35. The summed E-state index contributed by atoms with van der Waals surface area (Å²) in [4.78, 5) is 24.1. The van der Waals surface area contributed by atoms with Crippen molar-refractivity contribution in [2.75, 3.05) is 5.32 Å². The number of para-hydroxylation sites is 1. The molecule has 0 unspecified atom stereocenters. The third-order valence-electron chi connectivity index (χ3n) is 3.61. The van der Waals surface area contributed by atoms with Crippen LogP contribution in [0, 0.1) is 5.92 Å². The second kappa shape index (κ2) is 7.27. The standard InChI is InChI=1S/C17H17N3O3S/c21-15(11-7-8-11)20-17(24)19-14-6-2-1-5-13(14)16(22)18-10-12-4-3-9-23-12/h1-6,9,11H,7-8,10H2,(H,18,22)(H2,19,20,21,24). The molecule has 1 saturated carbocycles. The Morgan fingerprint density at radius 1 is 1.17 bits per heavy atom. The number of hydrogen-bond donors (Lipinski definition) is 3. The van der Waals surface area contributed by atoms with Gasteiger partial charge < -0.3 is 20.4 Å². The van der Waals surface area contributed by atoms with E-state index >= 15 is 0 Å². The van der Waals surface area contributed by atoms with E-state index in [0.29, 0.717) is 23.6 Å². The van der Waals surface area contributed by atoms with Crippen molar-refractivity contribution in [3.63, 3.8) is 0 Å². The third kappa shape index (κ3) is 4.20. The molecule has 24 heavy (non-hydrogen) atoms. The van der Waals surface area contributed by atoms with Crippen molar-refractivity contribution in [3.05, 3.63) is 54.0 Å². The van der Waals surface area contributed by atoms with Crippen LogP contribution in [-0.2, 0) is 11.3 Å². The summed E-state index contributed by atoms with van der Waals surface area (Å²) < 4.78 is 5.19. The average molecular weight is 343 g/mol. The minimum Gasteiger partial charge on any atom is -0.467 e. The highest BCUT2D eigenvalue weighted by molar-refractivity contribution is 7.80. The molecular formula is C17H17N3O3S. The summed E-state index contributed by atoms with van der Waals surface area (Å²) in [6.07, 6.45) is 3.36. The lowest BCUT2D eigenvalue weighted by molar-refractivity contribution is -0.120. The van der Waals surface area contributed by atoms with Crippen LogP contribution in [0.3, 0.4) is 0 Å². The number of hydrogen-bond acceptors (Lipinski definition) is 4. The Morgan fingerprint density at radius 3 is 2.67 bits per heavy atom. The quantitative estimate of drug-likeness (QED) is 0.726. The molecular weight excluding hydrogens is 326 g/mol. The van der Waals surface area contributed by atoms with Crippen molar-refractivity contribution >= 4 is 34.8 Å². The van der Waals surface area contributed by atoms with E-state index in [1.54, 1.807) is 42.7 Å². The number of carbonyl (C=O) groups excluding carboxylic acids is 2. The zero-order valence-corrected chi connectivity index (χ0v) is 13.7. The summed E-state index contributed by atoms with van der Waals surface area (Å²) in [7, 11) is 0. The zero-order valence-electron chi connectivity index (χ0n) is 12.9. The maximum absolute atomic E-state index is 12.4. The van der Waals surface area contributed by atoms with Gasteiger partial charge in [0.05, 0.1) is 24.1 Å². The smallest absolute Gasteiger partial charge is 0.253 e. The molecule has 1 heterocycles. The normalized spacial score (nSPS) is 13.2. The average Bonchev–Trinajstić information content (AvgIpc) is 3.30. The first kappa shape index (κ1) is 16.2. The van der Waals surface area contributed by atoms with E-state index in [2.05, 4.69) is 16.0 Å². The molecule has 0 atom stereocenters. The summed E-state index contributed by atoms with van der Waals surface area (Å²) in [5, 5.41) is 8.53. The van der Waals surface area contributed by atoms with E-state index in [-0.39, 0.29) is 22.8 Å². The summed E-state index contributed by atoms with van der Waals surface area (Å²) in [6.45, 7) is 0.295. The number of thiocarbonyl (C=S) groups is 1. The fraction of sp³-hybridized carbons (Fsp3) is 0.235. The zero-order chi connectivity index (χ0) is 16.9. The van der Waals surface area contributed by atoms with Crippen LogP contribution in [-0.4, -0.2) is 16.9 Å². The van der Waals surface area contributed by atoms with Crippen LogP contribution in [0.5, 0.6) is 0 Å². The Morgan fingerprint density at radius 2 is 1.96 bits per heavy atom. The predicted molar refractivity (Wildman–Crippen MR) is 93.4 cm³/mol. The Hall–Kier alpha value is -2.67. The van der Waals surface area contributed by atoms with Crippen LogP contribution in [0.1, 0.15) is 29.0 Å². The number of carbonyl (C=O) groups is 2. The van der Waals surface area contributed by atoms with Crippen LogP contribution in [0.2, 0.25) is 0 Å². The Bertz CT molecular complexity index is 754. The summed E-state index contributed by atoms with van der Waals surface area (Å²) >= 11 is 5.15. The van der Waals surface area contributed by atoms with Crippen molar-refractivity contribution in [2.45, 2.75) is 19.4 Å². The van der Waals surface area contributed by atoms with E-state index in [1.165, 1.54) is 0 Å². The fourth-order valence-electron chi connectivity index (χ4n) is 2.18. The van der Waals surface area contributed by atoms with Gasteiger partial charge in [0.25, 0.3) is 5.91 Å². The highest BCUT2D eigenvalue weighted by Crippen LogP contribution is 2.28. The monoisotopic (exact) mass is 343 g/mol. The molecule has 1 aliphatic carbocycles. The number of amides is 2. The molecule has 0 spiro atoms. The molecule has 0 aliphatic heterocycles. The highest BCUT2D eigenvalue weighted by atomic mass is 32.1. The topological polar surface area (TPSA) is 83.4 Å². The molecule has 1 aromatic carbocycles. The van der Waals surface area contributed by atoms with E-state index < -0.39 is 0 Å². The fourth-order valence-corrected chi connectivity index (χ4v) is 2.39. The van der Waals surface area contributed by atoms with Crippen LogP contribution in [0.4, 0.5) is 5.69 Å². The van der Waals surface area contributed by atoms with E-state index in [1.807, 2.05) is 0 Å². The van der Waals surface area contributed by atoms with Gasteiger partial charge in [-0.1, -0.05) is 12.1 Å². The van der Waals surface area contributed by atoms with Gasteiger partial charge in [-0.2, -0.15) is 0 Å². The van der Waals surface area contributed by atoms with Gasteiger partial charge in [0.15, 0.2) is 5.11 Å². The Labute approximate surface area is 144 Å². The van der Waals surface area contributed by atoms with E-state index in [0.717, 1.165) is 12.8 Å². The van der Waals surface area contributed by atoms with Gasteiger partial charge in [-0.05, 0) is 49.3 Å². The molecule has 1 aliphatic rings. The Kier molecular flexibility index (Phi) is 4.90. The van der Waals surface area contributed by atoms with Crippen LogP contribution < -0.4 is 16.0 Å². The van der Waals surface area contributed by atoms with Gasteiger partial charge in [-0.25, -0.2) is 0 Å². The maximum Gasteiger partial charge on any atom is 0.253 e. The molecule has 3 rings (SSSR count). The molecule has 7 heteroatoms.